The van der Waals surface area contributed by atoms with Gasteiger partial charge in [-0.2, -0.15) is 4.52 Å². The second-order valence-corrected chi connectivity index (χ2v) is 5.62. The highest BCUT2D eigenvalue weighted by molar-refractivity contribution is 5.89. The van der Waals surface area contributed by atoms with E-state index < -0.39 is 0 Å². The maximum Gasteiger partial charge on any atom is 0.222 e. The van der Waals surface area contributed by atoms with Crippen LogP contribution >= 0.6 is 0 Å². The molecule has 4 aromatic rings. The molecule has 0 atom stereocenters. The topological polar surface area (TPSA) is 72.2 Å². The number of aromatic nitrogens is 4. The van der Waals surface area contributed by atoms with Gasteiger partial charge in [-0.3, -0.25) is 9.78 Å². The zero-order chi connectivity index (χ0) is 17.2. The van der Waals surface area contributed by atoms with E-state index in [0.29, 0.717) is 17.3 Å². The number of benzene rings is 1. The Kier molecular flexibility index (Phi) is 3.70. The van der Waals surface area contributed by atoms with Gasteiger partial charge >= 0.3 is 0 Å². The van der Waals surface area contributed by atoms with Crippen molar-refractivity contribution in [2.24, 2.45) is 0 Å². The Morgan fingerprint density at radius 1 is 0.960 bits per heavy atom. The lowest BCUT2D eigenvalue weighted by molar-refractivity contribution is -0.114. The number of nitrogens with zero attached hydrogens (tertiary/aromatic N) is 4. The molecule has 6 nitrogen and oxygen atoms in total. The van der Waals surface area contributed by atoms with Crippen LogP contribution in [-0.4, -0.2) is 25.5 Å². The number of nitrogens with one attached hydrogen (secondary N) is 1. The Morgan fingerprint density at radius 3 is 2.44 bits per heavy atom. The number of hydrogen-bond donors (Lipinski definition) is 1. The number of pyridine rings is 2. The van der Waals surface area contributed by atoms with E-state index in [4.69, 9.17) is 0 Å². The van der Waals surface area contributed by atoms with Crippen molar-refractivity contribution in [2.45, 2.75) is 6.92 Å². The molecular weight excluding hydrogens is 314 g/mol. The number of hydrogen-bond acceptors (Lipinski definition) is 4. The van der Waals surface area contributed by atoms with Crippen LogP contribution in [0.1, 0.15) is 6.92 Å². The minimum Gasteiger partial charge on any atom is -0.311 e. The molecule has 3 aromatic heterocycles. The maximum absolute atomic E-state index is 11.6. The summed E-state index contributed by atoms with van der Waals surface area (Å²) < 4.78 is 1.65. The van der Waals surface area contributed by atoms with Crippen molar-refractivity contribution in [1.82, 2.24) is 19.6 Å². The Morgan fingerprint density at radius 2 is 1.72 bits per heavy atom. The monoisotopic (exact) mass is 329 g/mol. The summed E-state index contributed by atoms with van der Waals surface area (Å²) in [5.41, 5.74) is 3.52. The first kappa shape index (κ1) is 15.0. The second kappa shape index (κ2) is 6.16. The van der Waals surface area contributed by atoms with Crippen LogP contribution < -0.4 is 5.32 Å². The van der Waals surface area contributed by atoms with Crippen molar-refractivity contribution in [2.75, 3.05) is 5.32 Å². The first-order chi connectivity index (χ1) is 12.2. The molecule has 0 saturated heterocycles. The number of amides is 1. The van der Waals surface area contributed by atoms with E-state index in [1.54, 1.807) is 16.9 Å². The molecule has 3 heterocycles. The van der Waals surface area contributed by atoms with Crippen molar-refractivity contribution >= 4 is 17.4 Å². The zero-order valence-electron chi connectivity index (χ0n) is 13.5. The third-order valence-electron chi connectivity index (χ3n) is 3.79. The van der Waals surface area contributed by atoms with Crippen molar-refractivity contribution in [1.29, 1.82) is 0 Å². The fourth-order valence-electron chi connectivity index (χ4n) is 2.67. The molecule has 0 aliphatic carbocycles. The predicted molar refractivity (Wildman–Crippen MR) is 96.0 cm³/mol. The minimum atomic E-state index is -0.162. The summed E-state index contributed by atoms with van der Waals surface area (Å²) in [6.07, 6.45) is 3.47. The molecule has 1 aromatic carbocycles. The molecule has 0 fully saturated rings. The molecule has 0 aliphatic heterocycles. The highest BCUT2D eigenvalue weighted by Crippen LogP contribution is 2.26. The highest BCUT2D eigenvalue weighted by atomic mass is 16.1. The van der Waals surface area contributed by atoms with Crippen LogP contribution in [0.15, 0.2) is 67.0 Å². The molecular formula is C19H15N5O. The van der Waals surface area contributed by atoms with Crippen LogP contribution in [0.2, 0.25) is 0 Å². The minimum absolute atomic E-state index is 0.162. The quantitative estimate of drug-likeness (QED) is 0.625. The second-order valence-electron chi connectivity index (χ2n) is 5.62. The largest absolute Gasteiger partial charge is 0.311 e. The van der Waals surface area contributed by atoms with Gasteiger partial charge in [-0.25, -0.2) is 4.98 Å². The summed E-state index contributed by atoms with van der Waals surface area (Å²) in [5.74, 6) is 1.02. The first-order valence-corrected chi connectivity index (χ1v) is 7.85. The molecule has 1 N–H and O–H groups in total. The Bertz CT molecular complexity index is 1040. The Balaban J connectivity index is 1.91. The number of rotatable bonds is 3. The molecule has 0 bridgehead atoms. The van der Waals surface area contributed by atoms with Gasteiger partial charge in [-0.15, -0.1) is 5.10 Å². The molecule has 122 valence electrons. The molecule has 1 amide bonds. The Labute approximate surface area is 144 Å². The van der Waals surface area contributed by atoms with Gasteiger partial charge in [0.25, 0.3) is 0 Å². The number of carbonyl (C=O) groups excluding carboxylic acids is 1. The van der Waals surface area contributed by atoms with Gasteiger partial charge in [-0.05, 0) is 35.4 Å². The molecule has 0 aliphatic rings. The first-order valence-electron chi connectivity index (χ1n) is 7.85. The van der Waals surface area contributed by atoms with E-state index in [1.165, 1.54) is 6.92 Å². The van der Waals surface area contributed by atoms with E-state index in [-0.39, 0.29) is 5.91 Å². The average Bonchev–Trinajstić information content (AvgIpc) is 3.07. The van der Waals surface area contributed by atoms with Crippen LogP contribution in [0.4, 0.5) is 5.82 Å². The number of carbonyl (C=O) groups is 1. The average molecular weight is 329 g/mol. The van der Waals surface area contributed by atoms with Gasteiger partial charge in [0.1, 0.15) is 5.82 Å². The summed E-state index contributed by atoms with van der Waals surface area (Å²) in [6.45, 7) is 1.47. The zero-order valence-corrected chi connectivity index (χ0v) is 13.5. The summed E-state index contributed by atoms with van der Waals surface area (Å²) >= 11 is 0. The van der Waals surface area contributed by atoms with E-state index in [0.717, 1.165) is 16.7 Å². The summed E-state index contributed by atoms with van der Waals surface area (Å²) in [7, 11) is 0. The highest BCUT2D eigenvalue weighted by Gasteiger charge is 2.12. The van der Waals surface area contributed by atoms with Crippen LogP contribution in [0.5, 0.6) is 0 Å². The number of anilines is 1. The van der Waals surface area contributed by atoms with E-state index in [2.05, 4.69) is 20.4 Å². The third-order valence-corrected chi connectivity index (χ3v) is 3.79. The summed E-state index contributed by atoms with van der Waals surface area (Å²) in [5, 5.41) is 7.38. The lowest BCUT2D eigenvalue weighted by atomic mass is 10.1. The summed E-state index contributed by atoms with van der Waals surface area (Å²) in [4.78, 5) is 20.3. The van der Waals surface area contributed by atoms with Crippen LogP contribution in [0, 0.1) is 0 Å². The maximum atomic E-state index is 11.6. The standard InChI is InChI=1S/C19H15N5O/c1-13(25)21-17-11-16(14-7-9-20-10-8-14)12-18-22-19(23-24(17)18)15-5-3-2-4-6-15/h2-12H,1H3,(H,21,25). The molecule has 0 unspecified atom stereocenters. The van der Waals surface area contributed by atoms with Gasteiger partial charge < -0.3 is 5.32 Å². The van der Waals surface area contributed by atoms with Crippen molar-refractivity contribution < 1.29 is 4.79 Å². The van der Waals surface area contributed by atoms with Crippen LogP contribution in [-0.2, 0) is 4.79 Å². The van der Waals surface area contributed by atoms with Gasteiger partial charge in [0.15, 0.2) is 11.5 Å². The number of fused-ring (bicyclic) bond motifs is 1. The smallest absolute Gasteiger partial charge is 0.222 e. The van der Waals surface area contributed by atoms with Gasteiger partial charge in [-0.1, -0.05) is 30.3 Å². The Hall–Kier alpha value is -3.54. The third kappa shape index (κ3) is 2.97. The molecule has 4 rings (SSSR count). The lowest BCUT2D eigenvalue weighted by Crippen LogP contribution is -2.10. The predicted octanol–water partition coefficient (Wildman–Crippen LogP) is 3.42. The summed E-state index contributed by atoms with van der Waals surface area (Å²) in [6, 6.07) is 17.4. The van der Waals surface area contributed by atoms with E-state index in [1.807, 2.05) is 54.6 Å². The fourth-order valence-corrected chi connectivity index (χ4v) is 2.67. The molecule has 0 radical (unpaired) electrons. The SMILES string of the molecule is CC(=O)Nc1cc(-c2ccncc2)cc2nc(-c3ccccc3)nn12. The van der Waals surface area contributed by atoms with E-state index in [9.17, 15) is 4.79 Å². The van der Waals surface area contributed by atoms with Crippen LogP contribution in [0.25, 0.3) is 28.2 Å². The van der Waals surface area contributed by atoms with Crippen molar-refractivity contribution in [3.05, 3.63) is 67.0 Å². The van der Waals surface area contributed by atoms with Gasteiger partial charge in [0, 0.05) is 24.9 Å². The molecule has 25 heavy (non-hydrogen) atoms. The van der Waals surface area contributed by atoms with Crippen molar-refractivity contribution in [3.63, 3.8) is 0 Å². The van der Waals surface area contributed by atoms with E-state index >= 15 is 0 Å². The molecule has 0 saturated carbocycles. The van der Waals surface area contributed by atoms with Gasteiger partial charge in [0.05, 0.1) is 0 Å². The normalized spacial score (nSPS) is 10.8. The lowest BCUT2D eigenvalue weighted by Gasteiger charge is -2.08. The molecule has 0 spiro atoms. The van der Waals surface area contributed by atoms with Gasteiger partial charge in [0.2, 0.25) is 5.91 Å². The molecule has 6 heteroatoms. The van der Waals surface area contributed by atoms with Crippen molar-refractivity contribution in [3.8, 4) is 22.5 Å². The fraction of sp³-hybridized carbons (Fsp3) is 0.0526. The van der Waals surface area contributed by atoms with Crippen LogP contribution in [0.3, 0.4) is 0 Å².